The van der Waals surface area contributed by atoms with Crippen LogP contribution in [-0.2, 0) is 0 Å². The highest BCUT2D eigenvalue weighted by atomic mass is 32.1. The van der Waals surface area contributed by atoms with Crippen molar-refractivity contribution in [2.45, 2.75) is 25.7 Å². The van der Waals surface area contributed by atoms with Gasteiger partial charge in [0.05, 0.1) is 0 Å². The minimum atomic E-state index is 0.00210. The first-order valence-electron chi connectivity index (χ1n) is 7.31. The molecule has 0 aromatic heterocycles. The van der Waals surface area contributed by atoms with Gasteiger partial charge in [0.2, 0.25) is 0 Å². The van der Waals surface area contributed by atoms with Gasteiger partial charge in [-0.3, -0.25) is 4.79 Å². The molecule has 3 nitrogen and oxygen atoms in total. The summed E-state index contributed by atoms with van der Waals surface area (Å²) >= 11 is 4.90. The van der Waals surface area contributed by atoms with E-state index < -0.39 is 0 Å². The largest absolute Gasteiger partial charge is 0.389 e. The van der Waals surface area contributed by atoms with Crippen LogP contribution in [0.5, 0.6) is 0 Å². The summed E-state index contributed by atoms with van der Waals surface area (Å²) in [6.45, 7) is 0.817. The van der Waals surface area contributed by atoms with Gasteiger partial charge in [-0.1, -0.05) is 30.8 Å². The third kappa shape index (κ3) is 2.70. The summed E-state index contributed by atoms with van der Waals surface area (Å²) in [7, 11) is 0. The van der Waals surface area contributed by atoms with Gasteiger partial charge in [-0.05, 0) is 49.1 Å². The minimum Gasteiger partial charge on any atom is -0.389 e. The van der Waals surface area contributed by atoms with Gasteiger partial charge in [-0.25, -0.2) is 0 Å². The van der Waals surface area contributed by atoms with Crippen molar-refractivity contribution in [1.29, 1.82) is 0 Å². The third-order valence-corrected chi connectivity index (χ3v) is 5.08. The maximum absolute atomic E-state index is 12.1. The Morgan fingerprint density at radius 1 is 1.20 bits per heavy atom. The molecule has 2 saturated carbocycles. The third-order valence-electron chi connectivity index (χ3n) is 4.84. The summed E-state index contributed by atoms with van der Waals surface area (Å²) in [5, 5.41) is 3.07. The molecule has 1 aromatic carbocycles. The number of hydrogen-bond donors (Lipinski definition) is 2. The van der Waals surface area contributed by atoms with E-state index in [2.05, 4.69) is 5.32 Å². The molecule has 1 amide bonds. The molecular formula is C16H20N2OS. The smallest absolute Gasteiger partial charge is 0.251 e. The maximum Gasteiger partial charge on any atom is 0.251 e. The van der Waals surface area contributed by atoms with E-state index in [1.807, 2.05) is 0 Å². The molecule has 0 aliphatic heterocycles. The molecule has 3 unspecified atom stereocenters. The van der Waals surface area contributed by atoms with Crippen LogP contribution in [0.4, 0.5) is 0 Å². The first kappa shape index (κ1) is 13.6. The number of amides is 1. The van der Waals surface area contributed by atoms with Crippen molar-refractivity contribution in [3.63, 3.8) is 0 Å². The van der Waals surface area contributed by atoms with Gasteiger partial charge in [0.15, 0.2) is 0 Å². The second-order valence-corrected chi connectivity index (χ2v) is 6.53. The van der Waals surface area contributed by atoms with Crippen molar-refractivity contribution < 1.29 is 4.79 Å². The summed E-state index contributed by atoms with van der Waals surface area (Å²) in [6.07, 6.45) is 5.43. The number of nitrogens with two attached hydrogens (primary N) is 1. The van der Waals surface area contributed by atoms with Crippen LogP contribution in [0.3, 0.4) is 0 Å². The monoisotopic (exact) mass is 288 g/mol. The van der Waals surface area contributed by atoms with E-state index in [0.717, 1.165) is 23.9 Å². The summed E-state index contributed by atoms with van der Waals surface area (Å²) in [5.41, 5.74) is 7.02. The number of thiocarbonyl (C=S) groups is 1. The van der Waals surface area contributed by atoms with Crippen molar-refractivity contribution in [2.75, 3.05) is 6.54 Å². The van der Waals surface area contributed by atoms with Crippen LogP contribution in [0.2, 0.25) is 0 Å². The molecule has 3 N–H and O–H groups in total. The summed E-state index contributed by atoms with van der Waals surface area (Å²) in [6, 6.07) is 7.17. The van der Waals surface area contributed by atoms with Gasteiger partial charge in [0, 0.05) is 17.7 Å². The van der Waals surface area contributed by atoms with E-state index in [1.165, 1.54) is 25.7 Å². The first-order chi connectivity index (χ1) is 9.63. The molecule has 0 radical (unpaired) electrons. The summed E-state index contributed by atoms with van der Waals surface area (Å²) < 4.78 is 0. The number of hydrogen-bond acceptors (Lipinski definition) is 2. The molecule has 1 aromatic rings. The molecule has 2 aliphatic carbocycles. The fourth-order valence-electron chi connectivity index (χ4n) is 3.74. The van der Waals surface area contributed by atoms with Gasteiger partial charge in [0.1, 0.15) is 4.99 Å². The highest BCUT2D eigenvalue weighted by Crippen LogP contribution is 2.47. The molecule has 20 heavy (non-hydrogen) atoms. The normalized spacial score (nSPS) is 27.5. The summed E-state index contributed by atoms with van der Waals surface area (Å²) in [5.74, 6) is 2.46. The Hall–Kier alpha value is -1.42. The van der Waals surface area contributed by atoms with Gasteiger partial charge < -0.3 is 11.1 Å². The van der Waals surface area contributed by atoms with E-state index in [1.54, 1.807) is 24.3 Å². The topological polar surface area (TPSA) is 55.1 Å². The quantitative estimate of drug-likeness (QED) is 0.837. The maximum atomic E-state index is 12.1. The Morgan fingerprint density at radius 2 is 1.90 bits per heavy atom. The van der Waals surface area contributed by atoms with Crippen molar-refractivity contribution in [3.8, 4) is 0 Å². The fourth-order valence-corrected chi connectivity index (χ4v) is 3.87. The zero-order valence-electron chi connectivity index (χ0n) is 11.5. The van der Waals surface area contributed by atoms with E-state index >= 15 is 0 Å². The lowest BCUT2D eigenvalue weighted by Gasteiger charge is -2.21. The van der Waals surface area contributed by atoms with Crippen LogP contribution >= 0.6 is 12.2 Å². The SMILES string of the molecule is NC(=S)c1ccc(C(=O)NCC2CC3CCC2C3)cc1. The average Bonchev–Trinajstić information content (AvgIpc) is 3.07. The Balaban J connectivity index is 1.55. The molecule has 2 fully saturated rings. The molecule has 3 rings (SSSR count). The Labute approximate surface area is 124 Å². The number of rotatable bonds is 4. The van der Waals surface area contributed by atoms with Crippen LogP contribution < -0.4 is 11.1 Å². The zero-order chi connectivity index (χ0) is 14.1. The fraction of sp³-hybridized carbons (Fsp3) is 0.500. The van der Waals surface area contributed by atoms with Gasteiger partial charge in [0.25, 0.3) is 5.91 Å². The molecule has 0 heterocycles. The molecule has 4 heteroatoms. The second-order valence-electron chi connectivity index (χ2n) is 6.09. The molecule has 0 saturated heterocycles. The number of nitrogens with one attached hydrogen (secondary N) is 1. The number of fused-ring (bicyclic) bond motifs is 2. The minimum absolute atomic E-state index is 0.00210. The lowest BCUT2D eigenvalue weighted by molar-refractivity contribution is 0.0942. The lowest BCUT2D eigenvalue weighted by atomic mass is 9.89. The van der Waals surface area contributed by atoms with Crippen LogP contribution in [0.15, 0.2) is 24.3 Å². The average molecular weight is 288 g/mol. The van der Waals surface area contributed by atoms with Crippen molar-refractivity contribution in [1.82, 2.24) is 5.32 Å². The van der Waals surface area contributed by atoms with E-state index in [-0.39, 0.29) is 5.91 Å². The van der Waals surface area contributed by atoms with Crippen LogP contribution in [0.25, 0.3) is 0 Å². The van der Waals surface area contributed by atoms with Crippen LogP contribution in [0.1, 0.15) is 41.6 Å². The van der Waals surface area contributed by atoms with Crippen molar-refractivity contribution in [2.24, 2.45) is 23.5 Å². The highest BCUT2D eigenvalue weighted by Gasteiger charge is 2.39. The Morgan fingerprint density at radius 3 is 2.45 bits per heavy atom. The van der Waals surface area contributed by atoms with Crippen LogP contribution in [-0.4, -0.2) is 17.4 Å². The van der Waals surface area contributed by atoms with Gasteiger partial charge >= 0.3 is 0 Å². The van der Waals surface area contributed by atoms with E-state index in [0.29, 0.717) is 16.5 Å². The molecular weight excluding hydrogens is 268 g/mol. The molecule has 106 valence electrons. The predicted octanol–water partition coefficient (Wildman–Crippen LogP) is 2.49. The van der Waals surface area contributed by atoms with E-state index in [4.69, 9.17) is 18.0 Å². The standard InChI is InChI=1S/C16H20N2OS/c17-15(20)11-3-5-12(6-4-11)16(19)18-9-14-8-10-1-2-13(14)7-10/h3-6,10,13-14H,1-2,7-9H2,(H2,17,20)(H,18,19). The molecule has 0 spiro atoms. The molecule has 3 atom stereocenters. The molecule has 2 aliphatic rings. The zero-order valence-corrected chi connectivity index (χ0v) is 12.3. The van der Waals surface area contributed by atoms with Crippen molar-refractivity contribution in [3.05, 3.63) is 35.4 Å². The number of benzene rings is 1. The highest BCUT2D eigenvalue weighted by molar-refractivity contribution is 7.80. The summed E-state index contributed by atoms with van der Waals surface area (Å²) in [4.78, 5) is 12.5. The number of carbonyl (C=O) groups is 1. The predicted molar refractivity (Wildman–Crippen MR) is 83.6 cm³/mol. The molecule has 2 bridgehead atoms. The Kier molecular flexibility index (Phi) is 3.74. The van der Waals surface area contributed by atoms with Crippen molar-refractivity contribution >= 4 is 23.1 Å². The Bertz CT molecular complexity index is 526. The lowest BCUT2D eigenvalue weighted by Crippen LogP contribution is -2.31. The van der Waals surface area contributed by atoms with Gasteiger partial charge in [-0.2, -0.15) is 0 Å². The first-order valence-corrected chi connectivity index (χ1v) is 7.72. The number of carbonyl (C=O) groups excluding carboxylic acids is 1. The van der Waals surface area contributed by atoms with Gasteiger partial charge in [-0.15, -0.1) is 0 Å². The second kappa shape index (κ2) is 5.52. The van der Waals surface area contributed by atoms with Crippen LogP contribution in [0, 0.1) is 17.8 Å². The van der Waals surface area contributed by atoms with E-state index in [9.17, 15) is 4.79 Å².